The van der Waals surface area contributed by atoms with Crippen molar-refractivity contribution in [1.29, 1.82) is 0 Å². The molecule has 0 bridgehead atoms. The van der Waals surface area contributed by atoms with E-state index in [4.69, 9.17) is 4.74 Å². The van der Waals surface area contributed by atoms with Gasteiger partial charge in [0.15, 0.2) is 0 Å². The van der Waals surface area contributed by atoms with Gasteiger partial charge in [0, 0.05) is 13.2 Å². The van der Waals surface area contributed by atoms with Gasteiger partial charge in [0.05, 0.1) is 18.3 Å². The molecule has 0 N–H and O–H groups in total. The molecule has 2 aromatic heterocycles. The van der Waals surface area contributed by atoms with Gasteiger partial charge >= 0.3 is 5.97 Å². The lowest BCUT2D eigenvalue weighted by atomic mass is 10.0. The Morgan fingerprint density at radius 1 is 1.47 bits per heavy atom. The minimum atomic E-state index is -0.303. The Morgan fingerprint density at radius 3 is 2.89 bits per heavy atom. The average Bonchev–Trinajstić information content (AvgIpc) is 2.74. The van der Waals surface area contributed by atoms with Crippen LogP contribution < -0.4 is 0 Å². The molecule has 0 aliphatic heterocycles. The van der Waals surface area contributed by atoms with Crippen LogP contribution in [-0.2, 0) is 16.6 Å². The van der Waals surface area contributed by atoms with Gasteiger partial charge in [-0.25, -0.2) is 4.98 Å². The first-order chi connectivity index (χ1) is 9.19. The van der Waals surface area contributed by atoms with Crippen LogP contribution >= 0.6 is 0 Å². The highest BCUT2D eigenvalue weighted by Gasteiger charge is 2.26. The fourth-order valence-corrected chi connectivity index (χ4v) is 2.27. The van der Waals surface area contributed by atoms with Crippen LogP contribution in [0.4, 0.5) is 0 Å². The van der Waals surface area contributed by atoms with E-state index < -0.39 is 0 Å². The van der Waals surface area contributed by atoms with Crippen molar-refractivity contribution in [3.63, 3.8) is 0 Å². The number of pyridine rings is 1. The standard InChI is InChI=1S/C14H19N3O2/c1-4-6-10(14(18)19-5-2)13-16-11-9-15-8-7-12(11)17(13)3/h7-10H,4-6H2,1-3H3. The summed E-state index contributed by atoms with van der Waals surface area (Å²) in [6.07, 6.45) is 5.09. The summed E-state index contributed by atoms with van der Waals surface area (Å²) in [5.41, 5.74) is 1.79. The topological polar surface area (TPSA) is 57.0 Å². The monoisotopic (exact) mass is 261 g/mol. The molecule has 1 unspecified atom stereocenters. The number of rotatable bonds is 5. The van der Waals surface area contributed by atoms with Crippen molar-refractivity contribution in [1.82, 2.24) is 14.5 Å². The molecular formula is C14H19N3O2. The summed E-state index contributed by atoms with van der Waals surface area (Å²) in [6.45, 7) is 4.26. The van der Waals surface area contributed by atoms with Gasteiger partial charge in [-0.05, 0) is 19.4 Å². The molecule has 0 amide bonds. The first kappa shape index (κ1) is 13.5. The maximum absolute atomic E-state index is 12.1. The van der Waals surface area contributed by atoms with E-state index in [2.05, 4.69) is 16.9 Å². The fraction of sp³-hybridized carbons (Fsp3) is 0.500. The minimum absolute atomic E-state index is 0.198. The molecule has 0 fully saturated rings. The van der Waals surface area contributed by atoms with Crippen molar-refractivity contribution in [2.75, 3.05) is 6.61 Å². The van der Waals surface area contributed by atoms with E-state index >= 15 is 0 Å². The summed E-state index contributed by atoms with van der Waals surface area (Å²) < 4.78 is 7.11. The molecule has 5 nitrogen and oxygen atoms in total. The van der Waals surface area contributed by atoms with E-state index in [0.717, 1.165) is 29.7 Å². The normalized spacial score (nSPS) is 12.6. The molecule has 1 atom stereocenters. The van der Waals surface area contributed by atoms with Gasteiger partial charge in [0.25, 0.3) is 0 Å². The Balaban J connectivity index is 2.44. The van der Waals surface area contributed by atoms with Gasteiger partial charge in [-0.1, -0.05) is 13.3 Å². The van der Waals surface area contributed by atoms with Crippen molar-refractivity contribution in [2.24, 2.45) is 7.05 Å². The van der Waals surface area contributed by atoms with Crippen molar-refractivity contribution < 1.29 is 9.53 Å². The van der Waals surface area contributed by atoms with Gasteiger partial charge in [0.2, 0.25) is 0 Å². The molecule has 0 saturated carbocycles. The van der Waals surface area contributed by atoms with E-state index in [1.165, 1.54) is 0 Å². The van der Waals surface area contributed by atoms with Crippen LogP contribution in [0.5, 0.6) is 0 Å². The summed E-state index contributed by atoms with van der Waals surface area (Å²) >= 11 is 0. The number of carbonyl (C=O) groups is 1. The van der Waals surface area contributed by atoms with E-state index in [9.17, 15) is 4.79 Å². The van der Waals surface area contributed by atoms with E-state index in [1.54, 1.807) is 12.4 Å². The number of imidazole rings is 1. The first-order valence-electron chi connectivity index (χ1n) is 6.62. The number of esters is 1. The highest BCUT2D eigenvalue weighted by atomic mass is 16.5. The van der Waals surface area contributed by atoms with Crippen molar-refractivity contribution in [3.05, 3.63) is 24.3 Å². The molecule has 0 saturated heterocycles. The van der Waals surface area contributed by atoms with Crippen LogP contribution in [0.15, 0.2) is 18.5 Å². The van der Waals surface area contributed by atoms with Gasteiger partial charge in [-0.15, -0.1) is 0 Å². The Morgan fingerprint density at radius 2 is 2.26 bits per heavy atom. The second-order valence-electron chi connectivity index (χ2n) is 4.49. The van der Waals surface area contributed by atoms with Gasteiger partial charge in [0.1, 0.15) is 17.3 Å². The summed E-state index contributed by atoms with van der Waals surface area (Å²) in [7, 11) is 1.92. The van der Waals surface area contributed by atoms with E-state index in [0.29, 0.717) is 6.61 Å². The summed E-state index contributed by atoms with van der Waals surface area (Å²) in [4.78, 5) is 20.7. The third-order valence-corrected chi connectivity index (χ3v) is 3.18. The summed E-state index contributed by atoms with van der Waals surface area (Å²) in [5.74, 6) is 0.251. The first-order valence-corrected chi connectivity index (χ1v) is 6.62. The molecule has 102 valence electrons. The lowest BCUT2D eigenvalue weighted by molar-refractivity contribution is -0.145. The molecule has 0 aromatic carbocycles. The average molecular weight is 261 g/mol. The number of fused-ring (bicyclic) bond motifs is 1. The third kappa shape index (κ3) is 2.59. The van der Waals surface area contributed by atoms with Crippen LogP contribution in [-0.4, -0.2) is 27.1 Å². The number of aryl methyl sites for hydroxylation is 1. The van der Waals surface area contributed by atoms with E-state index in [-0.39, 0.29) is 11.9 Å². The van der Waals surface area contributed by atoms with Crippen LogP contribution in [0.1, 0.15) is 38.4 Å². The quantitative estimate of drug-likeness (QED) is 0.776. The predicted octanol–water partition coefficient (Wildman–Crippen LogP) is 2.42. The van der Waals surface area contributed by atoms with Gasteiger partial charge < -0.3 is 9.30 Å². The SMILES string of the molecule is CCCC(C(=O)OCC)c1nc2cnccc2n1C. The number of carbonyl (C=O) groups excluding carboxylic acids is 1. The molecule has 2 aromatic rings. The third-order valence-electron chi connectivity index (χ3n) is 3.18. The Kier molecular flexibility index (Phi) is 4.14. The molecule has 2 heterocycles. The summed E-state index contributed by atoms with van der Waals surface area (Å²) in [5, 5.41) is 0. The van der Waals surface area contributed by atoms with E-state index in [1.807, 2.05) is 24.6 Å². The zero-order valence-electron chi connectivity index (χ0n) is 11.6. The molecule has 0 aliphatic rings. The molecule has 0 aliphatic carbocycles. The molecule has 0 spiro atoms. The number of hydrogen-bond donors (Lipinski definition) is 0. The minimum Gasteiger partial charge on any atom is -0.465 e. The number of hydrogen-bond acceptors (Lipinski definition) is 4. The molecule has 19 heavy (non-hydrogen) atoms. The lowest BCUT2D eigenvalue weighted by Gasteiger charge is -2.14. The molecule has 0 radical (unpaired) electrons. The smallest absolute Gasteiger partial charge is 0.316 e. The molecule has 5 heteroatoms. The zero-order chi connectivity index (χ0) is 13.8. The maximum Gasteiger partial charge on any atom is 0.316 e. The molecule has 2 rings (SSSR count). The Hall–Kier alpha value is -1.91. The summed E-state index contributed by atoms with van der Waals surface area (Å²) in [6, 6.07) is 1.90. The number of aromatic nitrogens is 3. The number of ether oxygens (including phenoxy) is 1. The highest BCUT2D eigenvalue weighted by molar-refractivity contribution is 5.80. The highest BCUT2D eigenvalue weighted by Crippen LogP contribution is 2.25. The van der Waals surface area contributed by atoms with Crippen LogP contribution in [0, 0.1) is 0 Å². The largest absolute Gasteiger partial charge is 0.465 e. The van der Waals surface area contributed by atoms with Gasteiger partial charge in [-0.3, -0.25) is 9.78 Å². The lowest BCUT2D eigenvalue weighted by Crippen LogP contribution is -2.19. The Bertz CT molecular complexity index is 577. The number of nitrogens with zero attached hydrogens (tertiary/aromatic N) is 3. The molecular weight excluding hydrogens is 242 g/mol. The second-order valence-corrected chi connectivity index (χ2v) is 4.49. The maximum atomic E-state index is 12.1. The second kappa shape index (κ2) is 5.82. The van der Waals surface area contributed by atoms with Crippen LogP contribution in [0.3, 0.4) is 0 Å². The van der Waals surface area contributed by atoms with Crippen molar-refractivity contribution in [3.8, 4) is 0 Å². The Labute approximate surface area is 112 Å². The predicted molar refractivity (Wildman–Crippen MR) is 72.8 cm³/mol. The van der Waals surface area contributed by atoms with Crippen molar-refractivity contribution >= 4 is 17.0 Å². The van der Waals surface area contributed by atoms with Crippen LogP contribution in [0.25, 0.3) is 11.0 Å². The van der Waals surface area contributed by atoms with Gasteiger partial charge in [-0.2, -0.15) is 0 Å². The van der Waals surface area contributed by atoms with Crippen molar-refractivity contribution in [2.45, 2.75) is 32.6 Å². The van der Waals surface area contributed by atoms with Crippen LogP contribution in [0.2, 0.25) is 0 Å². The fourth-order valence-electron chi connectivity index (χ4n) is 2.27. The zero-order valence-corrected chi connectivity index (χ0v) is 11.6.